The van der Waals surface area contributed by atoms with E-state index in [1.165, 1.54) is 17.8 Å². The molecule has 3 aromatic carbocycles. The number of benzene rings is 3. The van der Waals surface area contributed by atoms with Crippen molar-refractivity contribution >= 4 is 57.8 Å². The fourth-order valence-electron chi connectivity index (χ4n) is 4.43. The zero-order valence-electron chi connectivity index (χ0n) is 20.1. The second-order valence-electron chi connectivity index (χ2n) is 8.73. The topological polar surface area (TPSA) is 100 Å². The number of aromatic hydroxyl groups is 1. The summed E-state index contributed by atoms with van der Waals surface area (Å²) in [6.45, 7) is 0. The number of fused-ring (bicyclic) bond motifs is 2. The molecule has 1 amide bonds. The molecule has 2 aromatic heterocycles. The zero-order chi connectivity index (χ0) is 26.1. The van der Waals surface area contributed by atoms with E-state index in [1.807, 2.05) is 85.1 Å². The fraction of sp³-hybridized carbons (Fsp3) is 0.0333. The Morgan fingerprint density at radius 1 is 1.03 bits per heavy atom. The number of hydrogen-bond donors (Lipinski definition) is 3. The lowest BCUT2D eigenvalue weighted by atomic mass is 9.91. The van der Waals surface area contributed by atoms with Gasteiger partial charge < -0.3 is 15.4 Å². The van der Waals surface area contributed by atoms with Crippen LogP contribution in [0, 0.1) is 0 Å². The summed E-state index contributed by atoms with van der Waals surface area (Å²) in [7, 11) is 0. The molecule has 0 fully saturated rings. The molecule has 0 radical (unpaired) electrons. The number of thioether (sulfide) groups is 1. The van der Waals surface area contributed by atoms with Crippen LogP contribution in [0.1, 0.15) is 16.8 Å². The number of hydrogen-bond acceptors (Lipinski definition) is 5. The molecule has 8 heteroatoms. The standard InChI is InChI=1S/C30H22N4O3S/c35-27-13-11-19-6-4-5-9-23(19)24(27)17-26-29(37)34(22-7-2-1-3-8-22)30(33-26)38-18-28(36)32-21-12-10-20-14-15-31-25(20)16-21/h1-17,31,37H,18H2,(H,32,36)/b24-17-. The number of anilines is 1. The van der Waals surface area contributed by atoms with E-state index in [-0.39, 0.29) is 29.0 Å². The van der Waals surface area contributed by atoms with Crippen LogP contribution in [-0.4, -0.2) is 37.1 Å². The van der Waals surface area contributed by atoms with Crippen molar-refractivity contribution in [1.29, 1.82) is 0 Å². The van der Waals surface area contributed by atoms with Crippen molar-refractivity contribution in [2.45, 2.75) is 5.16 Å². The Labute approximate surface area is 222 Å². The van der Waals surface area contributed by atoms with Gasteiger partial charge in [0.15, 0.2) is 10.9 Å². The highest BCUT2D eigenvalue weighted by molar-refractivity contribution is 7.99. The van der Waals surface area contributed by atoms with Crippen LogP contribution in [0.15, 0.2) is 96.3 Å². The molecule has 0 saturated carbocycles. The van der Waals surface area contributed by atoms with Crippen LogP contribution in [0.25, 0.3) is 34.3 Å². The van der Waals surface area contributed by atoms with Crippen LogP contribution in [-0.2, 0) is 9.59 Å². The summed E-state index contributed by atoms with van der Waals surface area (Å²) >= 11 is 1.20. The van der Waals surface area contributed by atoms with E-state index in [1.54, 1.807) is 16.7 Å². The van der Waals surface area contributed by atoms with Gasteiger partial charge in [0, 0.05) is 23.0 Å². The fourth-order valence-corrected chi connectivity index (χ4v) is 5.24. The third kappa shape index (κ3) is 4.53. The van der Waals surface area contributed by atoms with Crippen LogP contribution in [0.5, 0.6) is 5.88 Å². The van der Waals surface area contributed by atoms with Gasteiger partial charge >= 0.3 is 0 Å². The first kappa shape index (κ1) is 23.6. The number of rotatable bonds is 6. The van der Waals surface area contributed by atoms with Gasteiger partial charge in [0.05, 0.1) is 11.4 Å². The average Bonchev–Trinajstić information content (AvgIpc) is 3.53. The molecule has 7 nitrogen and oxygen atoms in total. The first-order valence-electron chi connectivity index (χ1n) is 12.0. The predicted octanol–water partition coefficient (Wildman–Crippen LogP) is 5.93. The Hall–Kier alpha value is -4.82. The quantitative estimate of drug-likeness (QED) is 0.191. The number of amides is 1. The van der Waals surface area contributed by atoms with Crippen LogP contribution >= 0.6 is 11.8 Å². The van der Waals surface area contributed by atoms with E-state index in [4.69, 9.17) is 0 Å². The third-order valence-electron chi connectivity index (χ3n) is 6.25. The minimum atomic E-state index is -0.204. The Bertz CT molecular complexity index is 1750. The van der Waals surface area contributed by atoms with Gasteiger partial charge in [-0.15, -0.1) is 0 Å². The molecule has 0 bridgehead atoms. The summed E-state index contributed by atoms with van der Waals surface area (Å²) in [6, 6.07) is 24.5. The smallest absolute Gasteiger partial charge is 0.234 e. The summed E-state index contributed by atoms with van der Waals surface area (Å²) in [5, 5.41) is 15.6. The third-order valence-corrected chi connectivity index (χ3v) is 7.18. The molecule has 0 saturated heterocycles. The van der Waals surface area contributed by atoms with E-state index in [2.05, 4.69) is 15.3 Å². The molecule has 5 aromatic rings. The molecule has 6 rings (SSSR count). The summed E-state index contributed by atoms with van der Waals surface area (Å²) < 4.78 is 1.59. The number of para-hydroxylation sites is 1. The van der Waals surface area contributed by atoms with Crippen LogP contribution in [0.2, 0.25) is 0 Å². The number of H-pyrrole nitrogens is 1. The summed E-state index contributed by atoms with van der Waals surface area (Å²) in [5.74, 6) is -0.398. The maximum atomic E-state index is 12.8. The van der Waals surface area contributed by atoms with Crippen LogP contribution < -0.4 is 5.32 Å². The molecular weight excluding hydrogens is 496 g/mol. The van der Waals surface area contributed by atoms with Crippen molar-refractivity contribution < 1.29 is 14.7 Å². The van der Waals surface area contributed by atoms with Crippen LogP contribution in [0.4, 0.5) is 5.69 Å². The number of carbonyl (C=O) groups is 2. The lowest BCUT2D eigenvalue weighted by Crippen LogP contribution is -2.14. The Morgan fingerprint density at radius 3 is 2.71 bits per heavy atom. The van der Waals surface area contributed by atoms with Gasteiger partial charge in [0.1, 0.15) is 5.69 Å². The van der Waals surface area contributed by atoms with Crippen molar-refractivity contribution in [3.8, 4) is 11.6 Å². The molecule has 1 aliphatic rings. The number of carbonyl (C=O) groups excluding carboxylic acids is 2. The van der Waals surface area contributed by atoms with Crippen molar-refractivity contribution in [2.24, 2.45) is 0 Å². The lowest BCUT2D eigenvalue weighted by molar-refractivity contribution is -0.114. The SMILES string of the molecule is O=C(CSc1nc(/C=C2\C(=O)C=Cc3ccccc32)c(O)n1-c1ccccc1)Nc1ccc2cc[nH]c2c1. The normalized spacial score (nSPS) is 13.7. The highest BCUT2D eigenvalue weighted by Crippen LogP contribution is 2.35. The second kappa shape index (κ2) is 9.91. The van der Waals surface area contributed by atoms with Crippen molar-refractivity contribution in [2.75, 3.05) is 11.1 Å². The molecule has 2 heterocycles. The Balaban J connectivity index is 1.31. The molecule has 0 unspecified atom stereocenters. The molecule has 0 atom stereocenters. The number of aromatic nitrogens is 3. The molecule has 0 spiro atoms. The number of imidazole rings is 1. The van der Waals surface area contributed by atoms with Gasteiger partial charge in [0.2, 0.25) is 11.8 Å². The van der Waals surface area contributed by atoms with Gasteiger partial charge in [-0.1, -0.05) is 66.4 Å². The minimum absolute atomic E-state index is 0.0760. The van der Waals surface area contributed by atoms with Gasteiger partial charge in [-0.2, -0.15) is 0 Å². The first-order chi connectivity index (χ1) is 18.6. The van der Waals surface area contributed by atoms with Gasteiger partial charge in [-0.25, -0.2) is 4.98 Å². The number of aromatic amines is 1. The van der Waals surface area contributed by atoms with Crippen molar-refractivity contribution in [1.82, 2.24) is 14.5 Å². The maximum absolute atomic E-state index is 12.8. The summed E-state index contributed by atoms with van der Waals surface area (Å²) in [4.78, 5) is 33.3. The molecular formula is C30H22N4O3S. The van der Waals surface area contributed by atoms with Gasteiger partial charge in [-0.05, 0) is 59.0 Å². The minimum Gasteiger partial charge on any atom is -0.493 e. The Morgan fingerprint density at radius 2 is 1.84 bits per heavy atom. The zero-order valence-corrected chi connectivity index (χ0v) is 20.9. The molecule has 186 valence electrons. The number of nitrogens with one attached hydrogen (secondary N) is 2. The molecule has 3 N–H and O–H groups in total. The molecule has 0 aliphatic heterocycles. The van der Waals surface area contributed by atoms with Crippen LogP contribution in [0.3, 0.4) is 0 Å². The van der Waals surface area contributed by atoms with Crippen molar-refractivity contribution in [3.63, 3.8) is 0 Å². The molecule has 38 heavy (non-hydrogen) atoms. The number of ketones is 1. The largest absolute Gasteiger partial charge is 0.493 e. The highest BCUT2D eigenvalue weighted by Gasteiger charge is 2.22. The van der Waals surface area contributed by atoms with Crippen molar-refractivity contribution in [3.05, 3.63) is 108 Å². The highest BCUT2D eigenvalue weighted by atomic mass is 32.2. The van der Waals surface area contributed by atoms with E-state index < -0.39 is 0 Å². The maximum Gasteiger partial charge on any atom is 0.234 e. The lowest BCUT2D eigenvalue weighted by Gasteiger charge is -2.12. The summed E-state index contributed by atoms with van der Waals surface area (Å²) in [5.41, 5.74) is 4.72. The predicted molar refractivity (Wildman–Crippen MR) is 151 cm³/mol. The van der Waals surface area contributed by atoms with Gasteiger partial charge in [0.25, 0.3) is 0 Å². The van der Waals surface area contributed by atoms with E-state index in [9.17, 15) is 14.7 Å². The molecule has 1 aliphatic carbocycles. The Kier molecular flexibility index (Phi) is 6.15. The summed E-state index contributed by atoms with van der Waals surface area (Å²) in [6.07, 6.45) is 6.76. The van der Waals surface area contributed by atoms with Gasteiger partial charge in [-0.3, -0.25) is 14.2 Å². The van der Waals surface area contributed by atoms with E-state index in [0.717, 1.165) is 22.0 Å². The first-order valence-corrected chi connectivity index (χ1v) is 13.0. The average molecular weight is 519 g/mol. The van der Waals surface area contributed by atoms with E-state index >= 15 is 0 Å². The monoisotopic (exact) mass is 518 g/mol. The second-order valence-corrected chi connectivity index (χ2v) is 9.68. The number of nitrogens with zero attached hydrogens (tertiary/aromatic N) is 2. The van der Waals surface area contributed by atoms with E-state index in [0.29, 0.717) is 22.1 Å². The number of allylic oxidation sites excluding steroid dienone is 2.